The highest BCUT2D eigenvalue weighted by Gasteiger charge is 2.15. The first-order valence-corrected chi connectivity index (χ1v) is 9.72. The van der Waals surface area contributed by atoms with Gasteiger partial charge in [0.2, 0.25) is 5.91 Å². The van der Waals surface area contributed by atoms with Crippen molar-refractivity contribution in [2.45, 2.75) is 6.92 Å². The number of furan rings is 1. The minimum atomic E-state index is -0.241. The number of allylic oxidation sites excluding steroid dienone is 1. The van der Waals surface area contributed by atoms with Crippen molar-refractivity contribution in [1.29, 1.82) is 0 Å². The predicted molar refractivity (Wildman–Crippen MR) is 121 cm³/mol. The van der Waals surface area contributed by atoms with Crippen LogP contribution in [-0.2, 0) is 4.79 Å². The summed E-state index contributed by atoms with van der Waals surface area (Å²) in [5.41, 5.74) is 4.88. The summed E-state index contributed by atoms with van der Waals surface area (Å²) in [6, 6.07) is 15.2. The van der Waals surface area contributed by atoms with E-state index in [4.69, 9.17) is 13.9 Å². The molecule has 0 aliphatic rings. The van der Waals surface area contributed by atoms with Gasteiger partial charge < -0.3 is 19.2 Å². The van der Waals surface area contributed by atoms with Gasteiger partial charge in [-0.1, -0.05) is 12.1 Å². The van der Waals surface area contributed by atoms with Gasteiger partial charge in [0.05, 0.1) is 32.4 Å². The van der Waals surface area contributed by atoms with Crippen molar-refractivity contribution in [2.24, 2.45) is 0 Å². The lowest BCUT2D eigenvalue weighted by molar-refractivity contribution is -0.111. The smallest absolute Gasteiger partial charge is 0.248 e. The van der Waals surface area contributed by atoms with Gasteiger partial charge in [-0.25, -0.2) is 0 Å². The maximum Gasteiger partial charge on any atom is 0.248 e. The van der Waals surface area contributed by atoms with Gasteiger partial charge in [-0.05, 0) is 48.4 Å². The number of aromatic nitrogens is 1. The van der Waals surface area contributed by atoms with Crippen LogP contribution >= 0.6 is 0 Å². The average molecular weight is 414 g/mol. The summed E-state index contributed by atoms with van der Waals surface area (Å²) in [5.74, 6) is 1.18. The van der Waals surface area contributed by atoms with E-state index in [2.05, 4.69) is 10.3 Å². The first kappa shape index (κ1) is 20.2. The normalized spacial score (nSPS) is 11.4. The topological polar surface area (TPSA) is 73.6 Å². The number of anilines is 1. The van der Waals surface area contributed by atoms with Crippen molar-refractivity contribution >= 4 is 28.1 Å². The van der Waals surface area contributed by atoms with Crippen molar-refractivity contribution in [3.63, 3.8) is 0 Å². The second-order valence-corrected chi connectivity index (χ2v) is 6.98. The molecule has 1 N–H and O–H groups in total. The number of ether oxygens (including phenoxy) is 2. The Labute approximate surface area is 180 Å². The number of benzene rings is 2. The lowest BCUT2D eigenvalue weighted by atomic mass is 9.99. The first-order chi connectivity index (χ1) is 15.1. The number of carbonyl (C=O) groups excluding carboxylic acids is 1. The third kappa shape index (κ3) is 4.28. The fraction of sp³-hybridized carbons (Fsp3) is 0.120. The molecule has 0 atom stereocenters. The van der Waals surface area contributed by atoms with Crippen LogP contribution < -0.4 is 14.8 Å². The SMILES string of the molecule is COc1ccc(-c2coc3cc(OC)c(/C(C)=C/C(=O)Nc4cccnc4)cc23)cc1. The molecule has 0 aliphatic heterocycles. The highest BCUT2D eigenvalue weighted by Crippen LogP contribution is 2.37. The van der Waals surface area contributed by atoms with Crippen LogP contribution in [0.25, 0.3) is 27.7 Å². The number of hydrogen-bond acceptors (Lipinski definition) is 5. The van der Waals surface area contributed by atoms with E-state index in [-0.39, 0.29) is 5.91 Å². The number of pyridine rings is 1. The van der Waals surface area contributed by atoms with Gasteiger partial charge in [-0.2, -0.15) is 0 Å². The number of methoxy groups -OCH3 is 2. The van der Waals surface area contributed by atoms with E-state index in [0.717, 1.165) is 33.4 Å². The Kier molecular flexibility index (Phi) is 5.71. The largest absolute Gasteiger partial charge is 0.497 e. The molecule has 2 aromatic heterocycles. The van der Waals surface area contributed by atoms with Crippen molar-refractivity contribution in [3.8, 4) is 22.6 Å². The van der Waals surface area contributed by atoms with E-state index >= 15 is 0 Å². The molecule has 0 aliphatic carbocycles. The average Bonchev–Trinajstić information content (AvgIpc) is 3.21. The van der Waals surface area contributed by atoms with Crippen LogP contribution in [0, 0.1) is 0 Å². The van der Waals surface area contributed by atoms with E-state index in [1.54, 1.807) is 51.1 Å². The highest BCUT2D eigenvalue weighted by atomic mass is 16.5. The Balaban J connectivity index is 1.71. The molecule has 0 fully saturated rings. The molecule has 0 radical (unpaired) electrons. The van der Waals surface area contributed by atoms with E-state index in [1.165, 1.54) is 0 Å². The molecule has 6 heteroatoms. The van der Waals surface area contributed by atoms with Gasteiger partial charge in [0, 0.05) is 34.9 Å². The zero-order valence-corrected chi connectivity index (χ0v) is 17.5. The molecule has 0 unspecified atom stereocenters. The number of carbonyl (C=O) groups is 1. The van der Waals surface area contributed by atoms with Crippen LogP contribution in [0.15, 0.2) is 77.7 Å². The van der Waals surface area contributed by atoms with Gasteiger partial charge in [-0.15, -0.1) is 0 Å². The molecule has 0 bridgehead atoms. The molecule has 4 aromatic rings. The predicted octanol–water partition coefficient (Wildman–Crippen LogP) is 5.55. The summed E-state index contributed by atoms with van der Waals surface area (Å²) in [6.07, 6.45) is 6.52. The Bertz CT molecular complexity index is 1240. The quantitative estimate of drug-likeness (QED) is 0.419. The minimum absolute atomic E-state index is 0.241. The molecule has 6 nitrogen and oxygen atoms in total. The Morgan fingerprint density at radius 3 is 2.58 bits per heavy atom. The van der Waals surface area contributed by atoms with Gasteiger partial charge in [0.25, 0.3) is 0 Å². The standard InChI is InChI=1S/C25H22N2O4/c1-16(11-25(28)27-18-5-4-10-26-14-18)20-12-21-22(15-31-24(21)13-23(20)30-3)17-6-8-19(29-2)9-7-17/h4-15H,1-3H3,(H,27,28)/b16-11+. The Morgan fingerprint density at radius 1 is 1.10 bits per heavy atom. The fourth-order valence-corrected chi connectivity index (χ4v) is 3.42. The summed E-state index contributed by atoms with van der Waals surface area (Å²) >= 11 is 0. The molecule has 0 saturated carbocycles. The van der Waals surface area contributed by atoms with E-state index in [1.807, 2.05) is 43.3 Å². The van der Waals surface area contributed by atoms with Crippen LogP contribution in [0.1, 0.15) is 12.5 Å². The summed E-state index contributed by atoms with van der Waals surface area (Å²) in [6.45, 7) is 1.87. The molecular weight excluding hydrogens is 392 g/mol. The molecule has 2 aromatic carbocycles. The van der Waals surface area contributed by atoms with Crippen LogP contribution in [-0.4, -0.2) is 25.1 Å². The molecule has 2 heterocycles. The third-order valence-corrected chi connectivity index (χ3v) is 5.00. The summed E-state index contributed by atoms with van der Waals surface area (Å²) < 4.78 is 16.6. The van der Waals surface area contributed by atoms with Gasteiger partial charge in [0.15, 0.2) is 0 Å². The third-order valence-electron chi connectivity index (χ3n) is 5.00. The maximum atomic E-state index is 12.5. The number of fused-ring (bicyclic) bond motifs is 1. The van der Waals surface area contributed by atoms with Crippen molar-refractivity contribution in [2.75, 3.05) is 19.5 Å². The lowest BCUT2D eigenvalue weighted by Crippen LogP contribution is -2.08. The summed E-state index contributed by atoms with van der Waals surface area (Å²) in [4.78, 5) is 16.5. The number of nitrogens with zero attached hydrogens (tertiary/aromatic N) is 1. The van der Waals surface area contributed by atoms with Crippen LogP contribution in [0.2, 0.25) is 0 Å². The second kappa shape index (κ2) is 8.75. The van der Waals surface area contributed by atoms with E-state index in [0.29, 0.717) is 17.0 Å². The number of hydrogen-bond donors (Lipinski definition) is 1. The van der Waals surface area contributed by atoms with Crippen LogP contribution in [0.5, 0.6) is 11.5 Å². The number of nitrogens with one attached hydrogen (secondary N) is 1. The zero-order valence-electron chi connectivity index (χ0n) is 17.5. The first-order valence-electron chi connectivity index (χ1n) is 9.72. The maximum absolute atomic E-state index is 12.5. The minimum Gasteiger partial charge on any atom is -0.497 e. The Morgan fingerprint density at radius 2 is 1.90 bits per heavy atom. The molecule has 156 valence electrons. The number of amides is 1. The lowest BCUT2D eigenvalue weighted by Gasteiger charge is -2.10. The monoisotopic (exact) mass is 414 g/mol. The van der Waals surface area contributed by atoms with E-state index < -0.39 is 0 Å². The van der Waals surface area contributed by atoms with Crippen LogP contribution in [0.4, 0.5) is 5.69 Å². The molecule has 0 saturated heterocycles. The number of rotatable bonds is 6. The van der Waals surface area contributed by atoms with Gasteiger partial charge >= 0.3 is 0 Å². The second-order valence-electron chi connectivity index (χ2n) is 6.98. The molecule has 0 spiro atoms. The summed E-state index contributed by atoms with van der Waals surface area (Å²) in [7, 11) is 3.24. The fourth-order valence-electron chi connectivity index (χ4n) is 3.42. The van der Waals surface area contributed by atoms with Crippen molar-refractivity contribution in [1.82, 2.24) is 4.98 Å². The molecule has 31 heavy (non-hydrogen) atoms. The molecular formula is C25H22N2O4. The highest BCUT2D eigenvalue weighted by molar-refractivity contribution is 6.05. The van der Waals surface area contributed by atoms with E-state index in [9.17, 15) is 4.79 Å². The van der Waals surface area contributed by atoms with Crippen molar-refractivity contribution < 1.29 is 18.7 Å². The Hall–Kier alpha value is -4.06. The molecule has 4 rings (SSSR count). The van der Waals surface area contributed by atoms with Crippen LogP contribution in [0.3, 0.4) is 0 Å². The zero-order chi connectivity index (χ0) is 21.8. The van der Waals surface area contributed by atoms with Gasteiger partial charge in [0.1, 0.15) is 17.1 Å². The van der Waals surface area contributed by atoms with Crippen molar-refractivity contribution in [3.05, 3.63) is 78.8 Å². The molecule has 1 amide bonds. The summed E-state index contributed by atoms with van der Waals surface area (Å²) in [5, 5.41) is 3.74. The van der Waals surface area contributed by atoms with Gasteiger partial charge in [-0.3, -0.25) is 9.78 Å².